The number of carbonyl (C=O) groups is 1. The molecular weight excluding hydrogens is 353 g/mol. The third-order valence-electron chi connectivity index (χ3n) is 3.61. The van der Waals surface area contributed by atoms with Gasteiger partial charge in [-0.15, -0.1) is 0 Å². The van der Waals surface area contributed by atoms with Crippen LogP contribution in [0.4, 0.5) is 23.7 Å². The average molecular weight is 376 g/mol. The fourth-order valence-corrected chi connectivity index (χ4v) is 2.31. The molecule has 0 bridgehead atoms. The van der Waals surface area contributed by atoms with Crippen LogP contribution in [0, 0.1) is 0 Å². The summed E-state index contributed by atoms with van der Waals surface area (Å²) in [7, 11) is 1.40. The van der Waals surface area contributed by atoms with Crippen molar-refractivity contribution < 1.29 is 32.2 Å². The maximum atomic E-state index is 13.0. The number of nitrogens with zero attached hydrogens (tertiary/aromatic N) is 2. The quantitative estimate of drug-likeness (QED) is 0.797. The molecule has 1 amide bonds. The molecule has 6 nitrogen and oxygen atoms in total. The topological polar surface area (TPSA) is 60.9 Å². The van der Waals surface area contributed by atoms with E-state index in [1.807, 2.05) is 0 Å². The maximum absolute atomic E-state index is 13.0. The van der Waals surface area contributed by atoms with Gasteiger partial charge in [0.05, 0.1) is 13.2 Å². The lowest BCUT2D eigenvalue weighted by molar-refractivity contribution is -0.141. The number of alkyl halides is 3. The Kier molecular flexibility index (Phi) is 6.00. The lowest BCUT2D eigenvalue weighted by Gasteiger charge is -2.28. The van der Waals surface area contributed by atoms with Gasteiger partial charge in [-0.05, 0) is 32.9 Å². The molecule has 0 saturated carbocycles. The molecule has 0 spiro atoms. The van der Waals surface area contributed by atoms with Crippen molar-refractivity contribution >= 4 is 11.8 Å². The second-order valence-electron chi connectivity index (χ2n) is 6.99. The number of aromatic nitrogens is 1. The van der Waals surface area contributed by atoms with Gasteiger partial charge in [0.15, 0.2) is 0 Å². The lowest BCUT2D eigenvalue weighted by atomic mass is 10.1. The van der Waals surface area contributed by atoms with E-state index in [0.717, 1.165) is 17.0 Å². The first-order valence-corrected chi connectivity index (χ1v) is 8.27. The van der Waals surface area contributed by atoms with Crippen molar-refractivity contribution in [2.24, 2.45) is 0 Å². The molecule has 1 fully saturated rings. The Morgan fingerprint density at radius 2 is 1.85 bits per heavy atom. The van der Waals surface area contributed by atoms with E-state index >= 15 is 0 Å². The van der Waals surface area contributed by atoms with Gasteiger partial charge in [-0.1, -0.05) is 0 Å². The van der Waals surface area contributed by atoms with Gasteiger partial charge in [-0.25, -0.2) is 9.78 Å². The molecule has 9 heteroatoms. The SMILES string of the molecule is CN(C(=O)OC(C)(C)C)c1ccc(C(F)(F)F)nc1OC1CCOCC1. The molecule has 2 rings (SSSR count). The summed E-state index contributed by atoms with van der Waals surface area (Å²) in [4.78, 5) is 17.0. The molecule has 1 aliphatic heterocycles. The third-order valence-corrected chi connectivity index (χ3v) is 3.61. The van der Waals surface area contributed by atoms with Crippen LogP contribution in [0.5, 0.6) is 5.88 Å². The van der Waals surface area contributed by atoms with Crippen LogP contribution < -0.4 is 9.64 Å². The van der Waals surface area contributed by atoms with Gasteiger partial charge in [0, 0.05) is 19.9 Å². The Morgan fingerprint density at radius 1 is 1.23 bits per heavy atom. The van der Waals surface area contributed by atoms with E-state index in [0.29, 0.717) is 26.1 Å². The van der Waals surface area contributed by atoms with Gasteiger partial charge >= 0.3 is 12.3 Å². The van der Waals surface area contributed by atoms with Gasteiger partial charge < -0.3 is 14.2 Å². The Balaban J connectivity index is 2.32. The van der Waals surface area contributed by atoms with E-state index in [-0.39, 0.29) is 17.7 Å². The zero-order valence-electron chi connectivity index (χ0n) is 15.2. The minimum Gasteiger partial charge on any atom is -0.473 e. The molecular formula is C17H23F3N2O4. The van der Waals surface area contributed by atoms with Gasteiger partial charge in [0.2, 0.25) is 5.88 Å². The fraction of sp³-hybridized carbons (Fsp3) is 0.647. The number of anilines is 1. The molecule has 26 heavy (non-hydrogen) atoms. The zero-order valence-corrected chi connectivity index (χ0v) is 15.2. The Labute approximate surface area is 150 Å². The number of amides is 1. The van der Waals surface area contributed by atoms with Crippen molar-refractivity contribution in [3.63, 3.8) is 0 Å². The number of ether oxygens (including phenoxy) is 3. The molecule has 0 aromatic carbocycles. The van der Waals surface area contributed by atoms with Gasteiger partial charge in [0.25, 0.3) is 0 Å². The summed E-state index contributed by atoms with van der Waals surface area (Å²) in [6.45, 7) is 6.01. The first kappa shape index (κ1) is 20.3. The van der Waals surface area contributed by atoms with Crippen LogP contribution in [0.15, 0.2) is 12.1 Å². The average Bonchev–Trinajstić information content (AvgIpc) is 2.52. The molecule has 1 saturated heterocycles. The summed E-state index contributed by atoms with van der Waals surface area (Å²) < 4.78 is 55.2. The standard InChI is InChI=1S/C17H23F3N2O4/c1-16(2,3)26-15(23)22(4)12-5-6-13(17(18,19)20)21-14(12)25-11-7-9-24-10-8-11/h5-6,11H,7-10H2,1-4H3. The minimum atomic E-state index is -4.61. The second kappa shape index (κ2) is 7.69. The molecule has 1 aromatic rings. The molecule has 1 aliphatic rings. The summed E-state index contributed by atoms with van der Waals surface area (Å²) >= 11 is 0. The van der Waals surface area contributed by atoms with Crippen LogP contribution in [-0.4, -0.2) is 43.0 Å². The van der Waals surface area contributed by atoms with Gasteiger partial charge in [-0.2, -0.15) is 13.2 Å². The van der Waals surface area contributed by atoms with Crippen LogP contribution in [0.1, 0.15) is 39.3 Å². The van der Waals surface area contributed by atoms with Crippen molar-refractivity contribution in [3.8, 4) is 5.88 Å². The third kappa shape index (κ3) is 5.48. The molecule has 0 unspecified atom stereocenters. The van der Waals surface area contributed by atoms with Crippen LogP contribution in [0.25, 0.3) is 0 Å². The van der Waals surface area contributed by atoms with Gasteiger partial charge in [0.1, 0.15) is 23.1 Å². The summed E-state index contributed by atoms with van der Waals surface area (Å²) in [5.41, 5.74) is -1.72. The number of hydrogen-bond acceptors (Lipinski definition) is 5. The normalized spacial score (nSPS) is 16.3. The Morgan fingerprint density at radius 3 is 2.38 bits per heavy atom. The van der Waals surface area contributed by atoms with E-state index in [2.05, 4.69) is 4.98 Å². The summed E-state index contributed by atoms with van der Waals surface area (Å²) in [6, 6.07) is 1.97. The van der Waals surface area contributed by atoms with Crippen LogP contribution in [0.2, 0.25) is 0 Å². The molecule has 2 heterocycles. The largest absolute Gasteiger partial charge is 0.473 e. The zero-order chi connectivity index (χ0) is 19.5. The second-order valence-corrected chi connectivity index (χ2v) is 6.99. The molecule has 1 aromatic heterocycles. The summed E-state index contributed by atoms with van der Waals surface area (Å²) in [6.07, 6.45) is -4.58. The Bertz CT molecular complexity index is 638. The highest BCUT2D eigenvalue weighted by molar-refractivity contribution is 5.88. The van der Waals surface area contributed by atoms with Crippen molar-refractivity contribution in [1.82, 2.24) is 4.98 Å². The maximum Gasteiger partial charge on any atom is 0.433 e. The van der Waals surface area contributed by atoms with E-state index in [9.17, 15) is 18.0 Å². The van der Waals surface area contributed by atoms with Crippen molar-refractivity contribution in [2.45, 2.75) is 51.5 Å². The summed E-state index contributed by atoms with van der Waals surface area (Å²) in [5, 5.41) is 0. The molecule has 0 aliphatic carbocycles. The lowest BCUT2D eigenvalue weighted by Crippen LogP contribution is -2.35. The highest BCUT2D eigenvalue weighted by atomic mass is 19.4. The number of halogens is 3. The minimum absolute atomic E-state index is 0.110. The number of rotatable bonds is 3. The molecule has 146 valence electrons. The van der Waals surface area contributed by atoms with E-state index in [1.54, 1.807) is 20.8 Å². The predicted octanol–water partition coefficient (Wildman–Crippen LogP) is 4.03. The summed E-state index contributed by atoms with van der Waals surface area (Å²) in [5.74, 6) is -0.250. The van der Waals surface area contributed by atoms with E-state index in [4.69, 9.17) is 14.2 Å². The van der Waals surface area contributed by atoms with Crippen molar-refractivity contribution in [3.05, 3.63) is 17.8 Å². The smallest absolute Gasteiger partial charge is 0.433 e. The molecule has 0 atom stereocenters. The Hall–Kier alpha value is -2.03. The van der Waals surface area contributed by atoms with Gasteiger partial charge in [-0.3, -0.25) is 4.90 Å². The fourth-order valence-electron chi connectivity index (χ4n) is 2.31. The van der Waals surface area contributed by atoms with Crippen LogP contribution in [-0.2, 0) is 15.7 Å². The highest BCUT2D eigenvalue weighted by Crippen LogP contribution is 2.35. The first-order valence-electron chi connectivity index (χ1n) is 8.27. The monoisotopic (exact) mass is 376 g/mol. The number of carbonyl (C=O) groups excluding carboxylic acids is 1. The van der Waals surface area contributed by atoms with Crippen LogP contribution in [0.3, 0.4) is 0 Å². The van der Waals surface area contributed by atoms with Crippen molar-refractivity contribution in [2.75, 3.05) is 25.2 Å². The highest BCUT2D eigenvalue weighted by Gasteiger charge is 2.35. The van der Waals surface area contributed by atoms with E-state index < -0.39 is 23.6 Å². The predicted molar refractivity (Wildman–Crippen MR) is 88.3 cm³/mol. The molecule has 0 N–H and O–H groups in total. The number of hydrogen-bond donors (Lipinski definition) is 0. The number of pyridine rings is 1. The molecule has 0 radical (unpaired) electrons. The van der Waals surface area contributed by atoms with E-state index in [1.165, 1.54) is 7.05 Å². The van der Waals surface area contributed by atoms with Crippen molar-refractivity contribution in [1.29, 1.82) is 0 Å². The van der Waals surface area contributed by atoms with Crippen LogP contribution >= 0.6 is 0 Å². The first-order chi connectivity index (χ1) is 12.0.